The molecule has 15 heteroatoms. The van der Waals surface area contributed by atoms with E-state index in [1.165, 1.54) is 28.3 Å². The molecule has 6 aromatic rings. The van der Waals surface area contributed by atoms with E-state index in [4.69, 9.17) is 33.1 Å². The Kier molecular flexibility index (Phi) is 19.6. The number of amides is 2. The number of halogens is 1. The molecule has 8 rings (SSSR count). The van der Waals surface area contributed by atoms with Gasteiger partial charge in [-0.3, -0.25) is 0 Å². The van der Waals surface area contributed by atoms with Gasteiger partial charge in [-0.15, -0.1) is 0 Å². The second kappa shape index (κ2) is 26.2. The Hall–Kier alpha value is -5.45. The lowest BCUT2D eigenvalue weighted by Gasteiger charge is -2.30. The quantitative estimate of drug-likeness (QED) is 0.0412. The number of nitrogens with zero attached hydrogens (tertiary/aromatic N) is 4. The first-order chi connectivity index (χ1) is 31.0. The largest absolute Gasteiger partial charge is 0.395 e. The Balaban J connectivity index is 0.000000174. The van der Waals surface area contributed by atoms with Crippen LogP contribution >= 0.6 is 39.5 Å². The van der Waals surface area contributed by atoms with Crippen LogP contribution in [-0.4, -0.2) is 68.7 Å². The van der Waals surface area contributed by atoms with Gasteiger partial charge in [0.05, 0.1) is 13.2 Å². The molecule has 2 saturated heterocycles. The fourth-order valence-corrected chi connectivity index (χ4v) is 11.1. The lowest BCUT2D eigenvalue weighted by Crippen LogP contribution is -2.36. The number of aliphatic hydroxyl groups is 1. The van der Waals surface area contributed by atoms with Crippen LogP contribution in [0.25, 0.3) is 0 Å². The molecule has 0 atom stereocenters. The van der Waals surface area contributed by atoms with Gasteiger partial charge in [0.1, 0.15) is 0 Å². The predicted molar refractivity (Wildman–Crippen MR) is 268 cm³/mol. The van der Waals surface area contributed by atoms with Crippen molar-refractivity contribution >= 4 is 73.4 Å². The maximum Gasteiger partial charge on any atom is 0.315 e. The Bertz CT molecular complexity index is 2100. The molecule has 11 nitrogen and oxygen atoms in total. The molecule has 2 amide bonds. The van der Waals surface area contributed by atoms with Crippen molar-refractivity contribution in [2.75, 3.05) is 71.2 Å². The highest BCUT2D eigenvalue weighted by Crippen LogP contribution is 2.56. The van der Waals surface area contributed by atoms with Crippen LogP contribution in [0, 0.1) is 0 Å². The fraction of sp³-hybridized carbons (Fsp3) is 0.208. The molecule has 0 spiro atoms. The predicted octanol–water partition coefficient (Wildman–Crippen LogP) is 9.88. The number of para-hydroxylation sites is 4. The molecule has 6 aromatic carbocycles. The highest BCUT2D eigenvalue weighted by atomic mass is 35.7. The van der Waals surface area contributed by atoms with Crippen LogP contribution in [0.15, 0.2) is 182 Å². The summed E-state index contributed by atoms with van der Waals surface area (Å²) in [5, 5.41) is 20.8. The van der Waals surface area contributed by atoms with E-state index in [-0.39, 0.29) is 19.2 Å². The van der Waals surface area contributed by atoms with Crippen LogP contribution < -0.4 is 39.9 Å². The molecule has 5 N–H and O–H groups in total. The zero-order valence-corrected chi connectivity index (χ0v) is 38.5. The van der Waals surface area contributed by atoms with E-state index >= 15 is 0 Å². The van der Waals surface area contributed by atoms with Crippen LogP contribution in [0.5, 0.6) is 0 Å². The van der Waals surface area contributed by atoms with Crippen molar-refractivity contribution in [1.29, 1.82) is 0 Å². The van der Waals surface area contributed by atoms with Crippen molar-refractivity contribution in [3.63, 3.8) is 0 Å². The summed E-state index contributed by atoms with van der Waals surface area (Å²) < 4.78 is 15.7. The van der Waals surface area contributed by atoms with E-state index in [1.807, 2.05) is 72.8 Å². The minimum atomic E-state index is -0.936. The average Bonchev–Trinajstić information content (AvgIpc) is 3.96. The molecule has 0 radical (unpaired) electrons. The molecule has 0 saturated carbocycles. The molecule has 0 bridgehead atoms. The lowest BCUT2D eigenvalue weighted by molar-refractivity contribution is 0.234. The Morgan fingerprint density at radius 1 is 0.524 bits per heavy atom. The van der Waals surface area contributed by atoms with Crippen LogP contribution in [0.1, 0.15) is 11.1 Å². The van der Waals surface area contributed by atoms with Crippen LogP contribution in [0.3, 0.4) is 0 Å². The summed E-state index contributed by atoms with van der Waals surface area (Å²) in [5.74, 6) is 0. The average molecular weight is 921 g/mol. The molecule has 63 heavy (non-hydrogen) atoms. The Morgan fingerprint density at radius 3 is 1.30 bits per heavy atom. The first kappa shape index (κ1) is 47.0. The van der Waals surface area contributed by atoms with E-state index in [1.54, 1.807) is 0 Å². The molecule has 2 heterocycles. The van der Waals surface area contributed by atoms with Gasteiger partial charge >= 0.3 is 6.03 Å². The van der Waals surface area contributed by atoms with E-state index in [9.17, 15) is 4.79 Å². The van der Waals surface area contributed by atoms with Gasteiger partial charge in [-0.25, -0.2) is 4.79 Å². The number of benzene rings is 6. The molecular formula is C48H55ClN8O3P2S. The van der Waals surface area contributed by atoms with Gasteiger partial charge in [0.15, 0.2) is 12.7 Å². The summed E-state index contributed by atoms with van der Waals surface area (Å²) in [6.07, 6.45) is 0. The molecule has 0 unspecified atom stereocenters. The molecule has 2 fully saturated rings. The van der Waals surface area contributed by atoms with Crippen molar-refractivity contribution in [3.8, 4) is 0 Å². The summed E-state index contributed by atoms with van der Waals surface area (Å²) in [6, 6.07) is 61.4. The molecule has 2 aliphatic rings. The zero-order valence-electron chi connectivity index (χ0n) is 35.1. The maximum atomic E-state index is 11.0. The standard InChI is InChI=1S/C24H27N4OPS.C14H14ClN2P.C10H14N2O2/c31-24(26-20-21-10-4-1-5-11-21)25-16-19-29-30-27(22-12-6-2-7-13-22)17-18-28(30)23-14-8-3-9-15-23;15-18-16(13-7-3-1-4-8-13)11-12-17(18)14-9-5-2-6-10-14;13-7-6-11-10(14)12-8-9-4-2-1-3-5-9/h1-15H,16-20H2,(H2,25,26,31);1-10H,11-12H2;1-5,13H,6-8H2,(H2,11,12,14). The Morgan fingerprint density at radius 2 is 0.889 bits per heavy atom. The Labute approximate surface area is 384 Å². The van der Waals surface area contributed by atoms with Crippen molar-refractivity contribution in [3.05, 3.63) is 193 Å². The maximum absolute atomic E-state index is 11.0. The second-order valence-electron chi connectivity index (χ2n) is 14.1. The summed E-state index contributed by atoms with van der Waals surface area (Å²) in [4.78, 5) is 11.0. The number of anilines is 4. The van der Waals surface area contributed by atoms with Crippen molar-refractivity contribution < 1.29 is 14.4 Å². The van der Waals surface area contributed by atoms with Gasteiger partial charge < -0.3 is 49.6 Å². The third kappa shape index (κ3) is 15.1. The van der Waals surface area contributed by atoms with Crippen molar-refractivity contribution in [1.82, 2.24) is 21.3 Å². The number of aliphatic hydroxyl groups excluding tert-OH is 1. The minimum Gasteiger partial charge on any atom is -0.395 e. The normalized spacial score (nSPS) is 13.6. The number of thiocarbonyl (C=S) groups is 1. The summed E-state index contributed by atoms with van der Waals surface area (Å²) >= 11 is 12.0. The first-order valence-corrected chi connectivity index (χ1v) is 24.6. The van der Waals surface area contributed by atoms with Gasteiger partial charge in [0.2, 0.25) is 8.45 Å². The second-order valence-corrected chi connectivity index (χ2v) is 18.6. The van der Waals surface area contributed by atoms with Gasteiger partial charge in [0, 0.05) is 75.1 Å². The van der Waals surface area contributed by atoms with Crippen LogP contribution in [0.4, 0.5) is 27.5 Å². The smallest absolute Gasteiger partial charge is 0.315 e. The van der Waals surface area contributed by atoms with E-state index in [0.29, 0.717) is 31.4 Å². The van der Waals surface area contributed by atoms with Crippen LogP contribution in [0.2, 0.25) is 0 Å². The molecule has 0 aliphatic carbocycles. The number of nitrogens with one attached hydrogen (secondary N) is 4. The van der Waals surface area contributed by atoms with Crippen molar-refractivity contribution in [2.45, 2.75) is 13.1 Å². The SMILES string of the molecule is ClP1N(c2ccccc2)CCN1c1ccccc1.O=C(NCCO)NCc1ccccc1.S=C(NCCOP1N(c2ccccc2)CCN1c1ccccc1)NCc1ccccc1. The third-order valence-corrected chi connectivity index (χ3v) is 14.8. The molecule has 2 aliphatic heterocycles. The number of hydrogen-bond donors (Lipinski definition) is 5. The topological polar surface area (TPSA) is 108 Å². The number of hydrogen-bond acceptors (Lipinski definition) is 8. The van der Waals surface area contributed by atoms with Crippen molar-refractivity contribution in [2.24, 2.45) is 0 Å². The van der Waals surface area contributed by atoms with Gasteiger partial charge in [-0.2, -0.15) is 0 Å². The summed E-state index contributed by atoms with van der Waals surface area (Å²) in [5.41, 5.74) is 7.05. The summed E-state index contributed by atoms with van der Waals surface area (Å²) in [6.45, 7) is 6.52. The van der Waals surface area contributed by atoms with Crippen LogP contribution in [-0.2, 0) is 17.6 Å². The number of urea groups is 1. The first-order valence-electron chi connectivity index (χ1n) is 20.9. The van der Waals surface area contributed by atoms with E-state index in [0.717, 1.165) is 31.7 Å². The number of carbonyl (C=O) groups excluding carboxylic acids is 1. The lowest BCUT2D eigenvalue weighted by atomic mass is 10.2. The monoisotopic (exact) mass is 920 g/mol. The molecular weight excluding hydrogens is 866 g/mol. The highest BCUT2D eigenvalue weighted by molar-refractivity contribution is 7.86. The fourth-order valence-electron chi connectivity index (χ4n) is 6.56. The zero-order chi connectivity index (χ0) is 43.9. The van der Waals surface area contributed by atoms with E-state index < -0.39 is 16.0 Å². The van der Waals surface area contributed by atoms with Gasteiger partial charge in [-0.05, 0) is 83.1 Å². The number of carbonyl (C=O) groups is 1. The number of rotatable bonds is 14. The summed E-state index contributed by atoms with van der Waals surface area (Å²) in [7, 11) is -1.74. The minimum absolute atomic E-state index is 0.0429. The molecule has 0 aromatic heterocycles. The highest BCUT2D eigenvalue weighted by Gasteiger charge is 2.35. The van der Waals surface area contributed by atoms with Gasteiger partial charge in [0.25, 0.3) is 0 Å². The van der Waals surface area contributed by atoms with E-state index in [2.05, 4.69) is 149 Å². The molecule has 328 valence electrons. The third-order valence-electron chi connectivity index (χ3n) is 9.66. The van der Waals surface area contributed by atoms with Gasteiger partial charge in [-0.1, -0.05) is 133 Å².